The Balaban J connectivity index is 0.00000608. The number of aromatic nitrogens is 2. The molecule has 0 spiro atoms. The molecule has 0 bridgehead atoms. The largest absolute Gasteiger partial charge is 0.509 e. The van der Waals surface area contributed by atoms with Gasteiger partial charge in [0.05, 0.1) is 11.6 Å². The van der Waals surface area contributed by atoms with Gasteiger partial charge >= 0.3 is 0 Å². The van der Waals surface area contributed by atoms with Crippen molar-refractivity contribution in [3.63, 3.8) is 0 Å². The number of ether oxygens (including phenoxy) is 1. The zero-order valence-corrected chi connectivity index (χ0v) is 44.2. The van der Waals surface area contributed by atoms with Gasteiger partial charge in [0.25, 0.3) is 0 Å². The number of anilines is 4. The fraction of sp³-hybridized carbons (Fsp3) is 0.222. The number of hydrogen-bond donors (Lipinski definition) is 0. The zero-order chi connectivity index (χ0) is 48.6. The average Bonchev–Trinajstić information content (AvgIpc) is 3.87. The predicted molar refractivity (Wildman–Crippen MR) is 285 cm³/mol. The second-order valence-corrected chi connectivity index (χ2v) is 21.6. The van der Waals surface area contributed by atoms with Crippen molar-refractivity contribution in [1.29, 1.82) is 5.26 Å². The average molecular weight is 1100 g/mol. The molecule has 0 N–H and O–H groups in total. The van der Waals surface area contributed by atoms with Crippen molar-refractivity contribution in [2.24, 2.45) is 0 Å². The van der Waals surface area contributed by atoms with Crippen molar-refractivity contribution < 1.29 is 25.8 Å². The molecule has 0 aliphatic carbocycles. The minimum absolute atomic E-state index is 0. The molecule has 0 saturated carbocycles. The molecule has 354 valence electrons. The van der Waals surface area contributed by atoms with Crippen LogP contribution < -0.4 is 14.5 Å². The molecule has 3 heterocycles. The van der Waals surface area contributed by atoms with Crippen molar-refractivity contribution in [2.75, 3.05) is 9.80 Å². The van der Waals surface area contributed by atoms with Gasteiger partial charge in [-0.3, -0.25) is 0 Å². The Labute approximate surface area is 428 Å². The fourth-order valence-electron chi connectivity index (χ4n) is 9.36. The van der Waals surface area contributed by atoms with Gasteiger partial charge in [-0.05, 0) is 146 Å². The van der Waals surface area contributed by atoms with Crippen LogP contribution in [0.1, 0.15) is 95.7 Å². The van der Waals surface area contributed by atoms with Crippen molar-refractivity contribution in [3.05, 3.63) is 198 Å². The minimum atomic E-state index is -0.0765. The van der Waals surface area contributed by atoms with Gasteiger partial charge in [0.15, 0.2) is 0 Å². The smallest absolute Gasteiger partial charge is 0.135 e. The van der Waals surface area contributed by atoms with Crippen molar-refractivity contribution in [1.82, 2.24) is 9.55 Å². The first-order chi connectivity index (χ1) is 32.8. The molecular formula is C63H58N5OPt-3. The Bertz CT molecular complexity index is 3490. The van der Waals surface area contributed by atoms with Gasteiger partial charge in [0.2, 0.25) is 0 Å². The number of nitrogens with zero attached hydrogens (tertiary/aromatic N) is 5. The molecular weight excluding hydrogens is 1040 g/mol. The third-order valence-electron chi connectivity index (χ3n) is 13.5. The van der Waals surface area contributed by atoms with Gasteiger partial charge in [0, 0.05) is 61.3 Å². The van der Waals surface area contributed by atoms with Crippen LogP contribution in [-0.2, 0) is 37.3 Å². The van der Waals surface area contributed by atoms with E-state index in [1.807, 2.05) is 42.6 Å². The maximum Gasteiger partial charge on any atom is 0.135 e. The Kier molecular flexibility index (Phi) is 12.4. The molecule has 70 heavy (non-hydrogen) atoms. The summed E-state index contributed by atoms with van der Waals surface area (Å²) < 4.78 is 8.93. The van der Waals surface area contributed by atoms with Crippen molar-refractivity contribution in [3.8, 4) is 45.6 Å². The van der Waals surface area contributed by atoms with Crippen LogP contribution >= 0.6 is 0 Å². The second-order valence-electron chi connectivity index (χ2n) is 21.6. The van der Waals surface area contributed by atoms with Gasteiger partial charge in [-0.25, -0.2) is 4.98 Å². The van der Waals surface area contributed by atoms with E-state index < -0.39 is 0 Å². The molecule has 9 aromatic rings. The maximum atomic E-state index is 9.72. The third kappa shape index (κ3) is 9.05. The predicted octanol–water partition coefficient (Wildman–Crippen LogP) is 16.7. The molecule has 0 unspecified atom stereocenters. The molecule has 0 saturated heterocycles. The number of fused-ring (bicyclic) bond motifs is 4. The normalized spacial score (nSPS) is 12.8. The van der Waals surface area contributed by atoms with Crippen LogP contribution in [0.15, 0.2) is 146 Å². The number of hydrogen-bond acceptors (Lipinski definition) is 5. The van der Waals surface area contributed by atoms with Crippen LogP contribution in [0, 0.1) is 44.0 Å². The zero-order valence-electron chi connectivity index (χ0n) is 41.9. The van der Waals surface area contributed by atoms with E-state index >= 15 is 0 Å². The van der Waals surface area contributed by atoms with Gasteiger partial charge in [-0.1, -0.05) is 116 Å². The van der Waals surface area contributed by atoms with E-state index in [0.717, 1.165) is 83.8 Å². The molecule has 1 aliphatic heterocycles. The number of pyridine rings is 1. The van der Waals surface area contributed by atoms with E-state index in [1.165, 1.54) is 16.7 Å². The number of para-hydroxylation sites is 2. The summed E-state index contributed by atoms with van der Waals surface area (Å²) in [5.74, 6) is 1.98. The van der Waals surface area contributed by atoms with E-state index in [2.05, 4.69) is 219 Å². The van der Waals surface area contributed by atoms with Crippen LogP contribution in [0.2, 0.25) is 0 Å². The molecule has 0 atom stereocenters. The van der Waals surface area contributed by atoms with Crippen LogP contribution in [0.5, 0.6) is 11.5 Å². The van der Waals surface area contributed by atoms with Gasteiger partial charge < -0.3 is 19.1 Å². The summed E-state index contributed by atoms with van der Waals surface area (Å²) in [6.45, 7) is 26.8. The quantitative estimate of drug-likeness (QED) is 0.149. The van der Waals surface area contributed by atoms with E-state index in [4.69, 9.17) is 9.72 Å². The molecule has 10 rings (SSSR count). The van der Waals surface area contributed by atoms with E-state index in [1.54, 1.807) is 0 Å². The summed E-state index contributed by atoms with van der Waals surface area (Å²) in [7, 11) is 0. The minimum Gasteiger partial charge on any atom is -0.509 e. The first-order valence-electron chi connectivity index (χ1n) is 23.8. The SMILES string of the molecule is Cc1ccc(C#N)cc1-c1cc(-c2ccc3c(c2)c2ccc(Oc4[c-]c(N5[CH-]N(c6cc(C(C)(C)C)cc(C(C)(C)C)c6)c6ccccc65)ccc4)[c-]c2n3-c2cc(C(C)(C)C)ccn2)ccc1C.[Pt]. The van der Waals surface area contributed by atoms with Crippen molar-refractivity contribution >= 4 is 44.6 Å². The standard InChI is InChI=1S/C63H58N5O.Pt/c1-40-19-21-42(38-64)29-53(40)54-30-43(22-20-41(54)2)44-23-26-56-55(31-44)52-25-24-51(37-59(52)68(56)60-35-45(27-28-65-60)61(3,4)5)69-50-16-14-15-48(36-50)66-39-67(58-18-13-12-17-57(58)66)49-33-46(62(6,7)8)32-47(34-49)63(9,10)11;/h12-35,39H,1-11H3;/q-3;. The first-order valence-corrected chi connectivity index (χ1v) is 23.8. The van der Waals surface area contributed by atoms with Gasteiger partial charge in [-0.2, -0.15) is 17.4 Å². The summed E-state index contributed by atoms with van der Waals surface area (Å²) in [5.41, 5.74) is 17.1. The maximum absolute atomic E-state index is 9.72. The molecule has 1 aliphatic rings. The first kappa shape index (κ1) is 48.1. The van der Waals surface area contributed by atoms with Crippen LogP contribution in [-0.4, -0.2) is 9.55 Å². The van der Waals surface area contributed by atoms with Crippen LogP contribution in [0.25, 0.3) is 49.9 Å². The second kappa shape index (κ2) is 18.1. The number of nitriles is 1. The molecule has 7 heteroatoms. The molecule has 0 radical (unpaired) electrons. The summed E-state index contributed by atoms with van der Waals surface area (Å²) in [4.78, 5) is 9.45. The molecule has 0 fully saturated rings. The Morgan fingerprint density at radius 1 is 0.571 bits per heavy atom. The van der Waals surface area contributed by atoms with Crippen LogP contribution in [0.3, 0.4) is 0 Å². The Hall–Kier alpha value is -6.93. The number of benzene rings is 7. The number of rotatable bonds is 7. The topological polar surface area (TPSA) is 57.3 Å². The Morgan fingerprint density at radius 2 is 1.20 bits per heavy atom. The summed E-state index contributed by atoms with van der Waals surface area (Å²) in [6.07, 6.45) is 1.90. The van der Waals surface area contributed by atoms with Crippen molar-refractivity contribution in [2.45, 2.75) is 92.4 Å². The summed E-state index contributed by atoms with van der Waals surface area (Å²) >= 11 is 0. The summed E-state index contributed by atoms with van der Waals surface area (Å²) in [6, 6.07) is 58.8. The van der Waals surface area contributed by atoms with Crippen LogP contribution in [0.4, 0.5) is 22.7 Å². The van der Waals surface area contributed by atoms with Gasteiger partial charge in [0.1, 0.15) is 5.82 Å². The summed E-state index contributed by atoms with van der Waals surface area (Å²) in [5, 5.41) is 11.8. The van der Waals surface area contributed by atoms with E-state index in [-0.39, 0.29) is 37.3 Å². The Morgan fingerprint density at radius 3 is 1.89 bits per heavy atom. The monoisotopic (exact) mass is 1100 g/mol. The fourth-order valence-corrected chi connectivity index (χ4v) is 9.36. The number of aryl methyl sites for hydroxylation is 2. The molecule has 2 aromatic heterocycles. The molecule has 0 amide bonds. The molecule has 7 aromatic carbocycles. The molecule has 6 nitrogen and oxygen atoms in total. The van der Waals surface area contributed by atoms with E-state index in [9.17, 15) is 5.26 Å². The van der Waals surface area contributed by atoms with E-state index in [0.29, 0.717) is 17.1 Å². The van der Waals surface area contributed by atoms with Gasteiger partial charge in [-0.15, -0.1) is 48.1 Å². The third-order valence-corrected chi connectivity index (χ3v) is 13.5.